The molecule has 0 spiro atoms. The number of rotatable bonds is 14. The number of nitrogens with one attached hydrogen (secondary N) is 3. The molecule has 2 aromatic carbocycles. The molecule has 0 fully saturated rings. The highest BCUT2D eigenvalue weighted by Crippen LogP contribution is 2.40. The number of ether oxygens (including phenoxy) is 3. The first kappa shape index (κ1) is 32.8. The van der Waals surface area contributed by atoms with E-state index in [0.29, 0.717) is 5.56 Å². The molecule has 13 nitrogen and oxygen atoms in total. The molecule has 4 atom stereocenters. The topological polar surface area (TPSA) is 167 Å². The first-order chi connectivity index (χ1) is 21.0. The molecule has 44 heavy (non-hydrogen) atoms. The fourth-order valence-electron chi connectivity index (χ4n) is 4.13. The number of aromatic nitrogens is 2. The van der Waals surface area contributed by atoms with Crippen LogP contribution in [0.5, 0.6) is 0 Å². The van der Waals surface area contributed by atoms with Gasteiger partial charge in [-0.05, 0) is 38.0 Å². The first-order valence-corrected chi connectivity index (χ1v) is 15.5. The summed E-state index contributed by atoms with van der Waals surface area (Å²) in [5.74, 6) is -1.38. The molecule has 0 aliphatic carbocycles. The van der Waals surface area contributed by atoms with E-state index < -0.39 is 55.3 Å². The summed E-state index contributed by atoms with van der Waals surface area (Å²) in [7, 11) is -4.13. The zero-order valence-electron chi connectivity index (χ0n) is 24.5. The van der Waals surface area contributed by atoms with Crippen molar-refractivity contribution in [3.05, 3.63) is 117 Å². The number of nitrogens with zero attached hydrogens (tertiary/aromatic N) is 1. The summed E-state index contributed by atoms with van der Waals surface area (Å²) < 4.78 is 37.5. The lowest BCUT2D eigenvalue weighted by molar-refractivity contribution is -0.147. The van der Waals surface area contributed by atoms with Crippen molar-refractivity contribution >= 4 is 19.6 Å². The second-order valence-electron chi connectivity index (χ2n) is 10.2. The van der Waals surface area contributed by atoms with Crippen LogP contribution in [-0.2, 0) is 46.1 Å². The molecule has 3 aromatic rings. The second kappa shape index (κ2) is 15.0. The SMILES string of the molecule is Cc1cn([C@H]2C=C[C@@H](COP(=O)(N[C@@H](C)C(=O)OCc3ccccc3)N[C@@H](C)C(=O)OCc3ccccc3)O2)c(=O)[nH]c1=O. The summed E-state index contributed by atoms with van der Waals surface area (Å²) in [5.41, 5.74) is 0.713. The lowest BCUT2D eigenvalue weighted by Crippen LogP contribution is -2.42. The van der Waals surface area contributed by atoms with E-state index in [1.807, 2.05) is 36.4 Å². The minimum atomic E-state index is -4.13. The van der Waals surface area contributed by atoms with Crippen molar-refractivity contribution in [3.63, 3.8) is 0 Å². The maximum absolute atomic E-state index is 14.0. The summed E-state index contributed by atoms with van der Waals surface area (Å²) in [6.45, 7) is 4.21. The molecule has 0 amide bonds. The molecule has 0 radical (unpaired) electrons. The number of benzene rings is 2. The minimum Gasteiger partial charge on any atom is -0.460 e. The number of carbonyl (C=O) groups is 2. The van der Waals surface area contributed by atoms with Crippen LogP contribution in [0.1, 0.15) is 36.8 Å². The van der Waals surface area contributed by atoms with E-state index in [1.54, 1.807) is 43.3 Å². The standard InChI is InChI=1S/C30H35N4O9P/c1-20-16-34(30(38)31-27(20)35)26-15-14-25(43-26)19-42-44(39,32-21(2)28(36)40-17-23-10-6-4-7-11-23)33-22(3)29(37)41-18-24-12-8-5-9-13-24/h4-16,21-22,25-26H,17-19H2,1-3H3,(H,31,35,38)(H2,32,33,39)/t21-,22-,25-,26+/m0/s1. The van der Waals surface area contributed by atoms with Crippen LogP contribution in [0, 0.1) is 6.92 Å². The van der Waals surface area contributed by atoms with Crippen molar-refractivity contribution in [2.45, 2.75) is 58.4 Å². The summed E-state index contributed by atoms with van der Waals surface area (Å²) in [6, 6.07) is 15.9. The molecule has 234 valence electrons. The molecule has 4 rings (SSSR count). The van der Waals surface area contributed by atoms with Gasteiger partial charge in [0.1, 0.15) is 31.4 Å². The highest BCUT2D eigenvalue weighted by Gasteiger charge is 2.35. The van der Waals surface area contributed by atoms with Crippen molar-refractivity contribution in [2.24, 2.45) is 0 Å². The zero-order valence-corrected chi connectivity index (χ0v) is 25.4. The van der Waals surface area contributed by atoms with Gasteiger partial charge in [-0.3, -0.25) is 28.5 Å². The molecule has 1 aliphatic rings. The van der Waals surface area contributed by atoms with Gasteiger partial charge >= 0.3 is 25.3 Å². The fourth-order valence-corrected chi connectivity index (χ4v) is 5.94. The Labute approximate surface area is 253 Å². The molecule has 0 saturated carbocycles. The lowest BCUT2D eigenvalue weighted by atomic mass is 10.2. The third-order valence-electron chi connectivity index (χ3n) is 6.53. The predicted molar refractivity (Wildman–Crippen MR) is 160 cm³/mol. The quantitative estimate of drug-likeness (QED) is 0.137. The van der Waals surface area contributed by atoms with Crippen LogP contribution in [0.3, 0.4) is 0 Å². The van der Waals surface area contributed by atoms with E-state index in [1.165, 1.54) is 24.6 Å². The van der Waals surface area contributed by atoms with Gasteiger partial charge in [0.2, 0.25) is 0 Å². The third-order valence-corrected chi connectivity index (χ3v) is 8.49. The Kier molecular flexibility index (Phi) is 11.2. The summed E-state index contributed by atoms with van der Waals surface area (Å²) in [6.07, 6.45) is 2.98. The van der Waals surface area contributed by atoms with E-state index in [2.05, 4.69) is 15.2 Å². The Balaban J connectivity index is 1.40. The molecule has 0 saturated heterocycles. The van der Waals surface area contributed by atoms with Gasteiger partial charge in [-0.25, -0.2) is 15.0 Å². The van der Waals surface area contributed by atoms with Crippen LogP contribution in [0.25, 0.3) is 0 Å². The van der Waals surface area contributed by atoms with E-state index in [9.17, 15) is 23.7 Å². The summed E-state index contributed by atoms with van der Waals surface area (Å²) >= 11 is 0. The molecular formula is C30H35N4O9P. The largest absolute Gasteiger partial charge is 0.460 e. The average molecular weight is 627 g/mol. The van der Waals surface area contributed by atoms with Gasteiger partial charge in [0.05, 0.1) is 6.61 Å². The Morgan fingerprint density at radius 2 is 1.43 bits per heavy atom. The number of hydrogen-bond acceptors (Lipinski definition) is 9. The normalized spacial score (nSPS) is 17.6. The van der Waals surface area contributed by atoms with Crippen LogP contribution in [-0.4, -0.2) is 46.3 Å². The summed E-state index contributed by atoms with van der Waals surface area (Å²) in [4.78, 5) is 51.7. The van der Waals surface area contributed by atoms with Gasteiger partial charge in [0.15, 0.2) is 6.23 Å². The van der Waals surface area contributed by atoms with Crippen molar-refractivity contribution in [1.82, 2.24) is 19.7 Å². The molecule has 0 unspecified atom stereocenters. The Morgan fingerprint density at radius 1 is 0.909 bits per heavy atom. The van der Waals surface area contributed by atoms with Crippen LogP contribution in [0.2, 0.25) is 0 Å². The fraction of sp³-hybridized carbons (Fsp3) is 0.333. The molecule has 1 aliphatic heterocycles. The van der Waals surface area contributed by atoms with E-state index in [4.69, 9.17) is 18.7 Å². The van der Waals surface area contributed by atoms with Gasteiger partial charge in [0.25, 0.3) is 5.56 Å². The number of carbonyl (C=O) groups excluding carboxylic acids is 2. The number of hydrogen-bond donors (Lipinski definition) is 3. The molecule has 2 heterocycles. The maximum atomic E-state index is 14.0. The highest BCUT2D eigenvalue weighted by atomic mass is 31.2. The van der Waals surface area contributed by atoms with Crippen LogP contribution >= 0.6 is 7.67 Å². The van der Waals surface area contributed by atoms with Gasteiger partial charge in [0, 0.05) is 11.8 Å². The van der Waals surface area contributed by atoms with E-state index in [-0.39, 0.29) is 19.8 Å². The van der Waals surface area contributed by atoms with Crippen LogP contribution in [0.15, 0.2) is 88.6 Å². The molecular weight excluding hydrogens is 591 g/mol. The molecule has 1 aromatic heterocycles. The van der Waals surface area contributed by atoms with Gasteiger partial charge < -0.3 is 18.7 Å². The van der Waals surface area contributed by atoms with Gasteiger partial charge in [-0.15, -0.1) is 0 Å². The lowest BCUT2D eigenvalue weighted by Gasteiger charge is -2.27. The first-order valence-electron chi connectivity index (χ1n) is 13.9. The highest BCUT2D eigenvalue weighted by molar-refractivity contribution is 7.54. The number of aryl methyl sites for hydroxylation is 1. The van der Waals surface area contributed by atoms with E-state index in [0.717, 1.165) is 11.1 Å². The third kappa shape index (κ3) is 9.18. The van der Waals surface area contributed by atoms with Gasteiger partial charge in [-0.1, -0.05) is 66.7 Å². The Bertz CT molecular complexity index is 1560. The van der Waals surface area contributed by atoms with Gasteiger partial charge in [-0.2, -0.15) is 0 Å². The number of H-pyrrole nitrogens is 1. The maximum Gasteiger partial charge on any atom is 0.342 e. The smallest absolute Gasteiger partial charge is 0.342 e. The monoisotopic (exact) mass is 626 g/mol. The van der Waals surface area contributed by atoms with Crippen molar-refractivity contribution < 1.29 is 32.9 Å². The number of esters is 2. The summed E-state index contributed by atoms with van der Waals surface area (Å²) in [5, 5.41) is 5.29. The minimum absolute atomic E-state index is 0.0121. The van der Waals surface area contributed by atoms with E-state index >= 15 is 0 Å². The predicted octanol–water partition coefficient (Wildman–Crippen LogP) is 2.87. The average Bonchev–Trinajstić information content (AvgIpc) is 3.49. The van der Waals surface area contributed by atoms with Crippen LogP contribution < -0.4 is 21.4 Å². The van der Waals surface area contributed by atoms with Crippen LogP contribution in [0.4, 0.5) is 0 Å². The number of aromatic amines is 1. The van der Waals surface area contributed by atoms with Crippen molar-refractivity contribution in [1.29, 1.82) is 0 Å². The molecule has 14 heteroatoms. The van der Waals surface area contributed by atoms with Crippen molar-refractivity contribution in [2.75, 3.05) is 6.61 Å². The molecule has 3 N–H and O–H groups in total. The van der Waals surface area contributed by atoms with Crippen molar-refractivity contribution in [3.8, 4) is 0 Å². The molecule has 0 bridgehead atoms. The second-order valence-corrected chi connectivity index (χ2v) is 12.0. The Morgan fingerprint density at radius 3 is 1.95 bits per heavy atom. The zero-order chi connectivity index (χ0) is 31.7. The Hall–Kier alpha value is -4.13.